The van der Waals surface area contributed by atoms with Gasteiger partial charge in [0.2, 0.25) is 0 Å². The summed E-state index contributed by atoms with van der Waals surface area (Å²) in [6.07, 6.45) is 2.19. The molecule has 0 fully saturated rings. The maximum Gasteiger partial charge on any atom is 0.160 e. The Bertz CT molecular complexity index is 3470. The highest BCUT2D eigenvalue weighted by atomic mass is 15.0. The molecule has 0 amide bonds. The molecule has 0 saturated carbocycles. The summed E-state index contributed by atoms with van der Waals surface area (Å²) in [5.74, 6) is 0.680. The monoisotopic (exact) mass is 753 g/mol. The van der Waals surface area contributed by atoms with Crippen molar-refractivity contribution in [2.24, 2.45) is 0 Å². The zero-order chi connectivity index (χ0) is 38.9. The molecule has 0 N–H and O–H groups in total. The van der Waals surface area contributed by atoms with Crippen LogP contribution in [0.2, 0.25) is 0 Å². The van der Waals surface area contributed by atoms with E-state index in [0.717, 1.165) is 67.2 Å². The molecule has 12 rings (SSSR count). The predicted molar refractivity (Wildman–Crippen MR) is 244 cm³/mol. The molecular formula is C54H35N5. The average Bonchev–Trinajstić information content (AvgIpc) is 3.99. The Morgan fingerprint density at radius 3 is 1.59 bits per heavy atom. The lowest BCUT2D eigenvalue weighted by Crippen LogP contribution is -1.99. The molecule has 0 spiro atoms. The minimum absolute atomic E-state index is 0.680. The highest BCUT2D eigenvalue weighted by Gasteiger charge is 2.21. The predicted octanol–water partition coefficient (Wildman–Crippen LogP) is 13.6. The summed E-state index contributed by atoms with van der Waals surface area (Å²) < 4.78 is 7.14. The molecule has 0 aliphatic rings. The number of aromatic nitrogens is 5. The van der Waals surface area contributed by atoms with E-state index in [-0.39, 0.29) is 0 Å². The van der Waals surface area contributed by atoms with Crippen LogP contribution in [0.1, 0.15) is 0 Å². The maximum absolute atomic E-state index is 5.22. The molecule has 0 bridgehead atoms. The van der Waals surface area contributed by atoms with Crippen LogP contribution in [0, 0.1) is 0 Å². The summed E-state index contributed by atoms with van der Waals surface area (Å²) in [5, 5.41) is 6.05. The van der Waals surface area contributed by atoms with Gasteiger partial charge in [0.25, 0.3) is 0 Å². The van der Waals surface area contributed by atoms with Crippen LogP contribution in [0.4, 0.5) is 0 Å². The molecule has 0 unspecified atom stereocenters. The fourth-order valence-electron chi connectivity index (χ4n) is 9.00. The van der Waals surface area contributed by atoms with Gasteiger partial charge in [-0.2, -0.15) is 0 Å². The summed E-state index contributed by atoms with van der Waals surface area (Å²) in [4.78, 5) is 10.4. The third-order valence-electron chi connectivity index (χ3n) is 11.7. The molecule has 4 heterocycles. The van der Waals surface area contributed by atoms with E-state index >= 15 is 0 Å². The number of para-hydroxylation sites is 3. The molecule has 5 heteroatoms. The first kappa shape index (κ1) is 33.2. The summed E-state index contributed by atoms with van der Waals surface area (Å²) in [6.45, 7) is 0. The Morgan fingerprint density at radius 2 is 0.881 bits per heavy atom. The van der Waals surface area contributed by atoms with Crippen LogP contribution in [0.5, 0.6) is 0 Å². The number of nitrogens with zero attached hydrogens (tertiary/aromatic N) is 5. The van der Waals surface area contributed by atoms with Crippen LogP contribution in [0.25, 0.3) is 105 Å². The van der Waals surface area contributed by atoms with Crippen molar-refractivity contribution in [1.29, 1.82) is 0 Å². The van der Waals surface area contributed by atoms with Gasteiger partial charge >= 0.3 is 0 Å². The van der Waals surface area contributed by atoms with Crippen molar-refractivity contribution in [2.45, 2.75) is 0 Å². The topological polar surface area (TPSA) is 40.6 Å². The number of fused-ring (bicyclic) bond motifs is 8. The van der Waals surface area contributed by atoms with E-state index in [0.29, 0.717) is 5.82 Å². The molecule has 4 aromatic heterocycles. The van der Waals surface area contributed by atoms with E-state index < -0.39 is 0 Å². The van der Waals surface area contributed by atoms with Crippen molar-refractivity contribution in [2.75, 3.05) is 0 Å². The minimum Gasteiger partial charge on any atom is -0.316 e. The fourth-order valence-corrected chi connectivity index (χ4v) is 9.00. The minimum atomic E-state index is 0.680. The second kappa shape index (κ2) is 13.3. The molecule has 0 saturated heterocycles. The SMILES string of the molecule is c1ccc(-c2cc(-c3ccccc3)nc(-c3cccc(-n4c5cc6c(cc5c5ccc7c(ccn7-c7ccccc7)c54)c4ccccc4n6-c4ccccc4)c3)n2)cc1. The number of rotatable bonds is 6. The molecule has 0 aliphatic heterocycles. The molecular weight excluding hydrogens is 719 g/mol. The molecule has 5 nitrogen and oxygen atoms in total. The van der Waals surface area contributed by atoms with E-state index in [1.807, 2.05) is 12.1 Å². The van der Waals surface area contributed by atoms with Gasteiger partial charge in [-0.15, -0.1) is 0 Å². The summed E-state index contributed by atoms with van der Waals surface area (Å²) in [6, 6.07) is 73.2. The Labute approximate surface area is 340 Å². The smallest absolute Gasteiger partial charge is 0.160 e. The van der Waals surface area contributed by atoms with Gasteiger partial charge in [-0.3, -0.25) is 0 Å². The zero-order valence-electron chi connectivity index (χ0n) is 31.9. The summed E-state index contributed by atoms with van der Waals surface area (Å²) in [5.41, 5.74) is 13.9. The standard InChI is InChI=1S/C54H35N5/c1-5-16-36(17-6-1)47-34-48(37-18-7-2-8-19-37)56-54(55-47)38-20-15-25-41(32-38)59-52-35-51-45(42-26-13-14-27-50(42)58(51)40-23-11-4-12-24-40)33-46(52)43-28-29-49-44(53(43)59)30-31-57(49)39-21-9-3-10-22-39/h1-35H. The lowest BCUT2D eigenvalue weighted by molar-refractivity contribution is 1.13. The first-order valence-electron chi connectivity index (χ1n) is 20.0. The molecule has 0 radical (unpaired) electrons. The van der Waals surface area contributed by atoms with Gasteiger partial charge in [0, 0.05) is 66.9 Å². The van der Waals surface area contributed by atoms with Crippen LogP contribution < -0.4 is 0 Å². The second-order valence-electron chi connectivity index (χ2n) is 15.1. The Hall–Kier alpha value is -8.02. The van der Waals surface area contributed by atoms with Crippen molar-refractivity contribution in [3.8, 4) is 51.0 Å². The van der Waals surface area contributed by atoms with Crippen molar-refractivity contribution in [3.63, 3.8) is 0 Å². The van der Waals surface area contributed by atoms with Gasteiger partial charge in [-0.1, -0.05) is 133 Å². The number of benzene rings is 8. The van der Waals surface area contributed by atoms with Crippen molar-refractivity contribution in [3.05, 3.63) is 212 Å². The van der Waals surface area contributed by atoms with E-state index in [4.69, 9.17) is 9.97 Å². The Morgan fingerprint density at radius 1 is 0.305 bits per heavy atom. The van der Waals surface area contributed by atoms with E-state index in [9.17, 15) is 0 Å². The molecule has 276 valence electrons. The van der Waals surface area contributed by atoms with E-state index in [1.54, 1.807) is 0 Å². The zero-order valence-corrected chi connectivity index (χ0v) is 31.9. The third-order valence-corrected chi connectivity index (χ3v) is 11.7. The second-order valence-corrected chi connectivity index (χ2v) is 15.1. The quantitative estimate of drug-likeness (QED) is 0.170. The van der Waals surface area contributed by atoms with Gasteiger partial charge in [-0.25, -0.2) is 9.97 Å². The lowest BCUT2D eigenvalue weighted by atomic mass is 10.1. The lowest BCUT2D eigenvalue weighted by Gasteiger charge is -2.13. The summed E-state index contributed by atoms with van der Waals surface area (Å²) >= 11 is 0. The average molecular weight is 754 g/mol. The van der Waals surface area contributed by atoms with Gasteiger partial charge in [-0.05, 0) is 72.8 Å². The van der Waals surface area contributed by atoms with Gasteiger partial charge < -0.3 is 13.7 Å². The number of hydrogen-bond acceptors (Lipinski definition) is 2. The van der Waals surface area contributed by atoms with E-state index in [2.05, 4.69) is 214 Å². The largest absolute Gasteiger partial charge is 0.316 e. The number of hydrogen-bond donors (Lipinski definition) is 0. The van der Waals surface area contributed by atoms with Crippen LogP contribution in [-0.4, -0.2) is 23.7 Å². The Kier molecular flexibility index (Phi) is 7.47. The maximum atomic E-state index is 5.22. The normalized spacial score (nSPS) is 11.7. The van der Waals surface area contributed by atoms with Gasteiger partial charge in [0.15, 0.2) is 5.82 Å². The van der Waals surface area contributed by atoms with Gasteiger partial charge in [0.1, 0.15) is 0 Å². The highest BCUT2D eigenvalue weighted by molar-refractivity contribution is 6.23. The third kappa shape index (κ3) is 5.33. The van der Waals surface area contributed by atoms with Gasteiger partial charge in [0.05, 0.1) is 39.0 Å². The fraction of sp³-hybridized carbons (Fsp3) is 0. The summed E-state index contributed by atoms with van der Waals surface area (Å²) in [7, 11) is 0. The van der Waals surface area contributed by atoms with Crippen molar-refractivity contribution in [1.82, 2.24) is 23.7 Å². The molecule has 0 atom stereocenters. The molecule has 59 heavy (non-hydrogen) atoms. The van der Waals surface area contributed by atoms with Crippen LogP contribution in [-0.2, 0) is 0 Å². The van der Waals surface area contributed by atoms with Crippen molar-refractivity contribution < 1.29 is 0 Å². The van der Waals surface area contributed by atoms with Crippen LogP contribution in [0.3, 0.4) is 0 Å². The van der Waals surface area contributed by atoms with Crippen LogP contribution in [0.15, 0.2) is 212 Å². The first-order valence-corrected chi connectivity index (χ1v) is 20.0. The highest BCUT2D eigenvalue weighted by Crippen LogP contribution is 2.42. The molecule has 0 aliphatic carbocycles. The molecule has 8 aromatic carbocycles. The Balaban J connectivity index is 1.16. The van der Waals surface area contributed by atoms with E-state index in [1.165, 1.54) is 32.4 Å². The van der Waals surface area contributed by atoms with Crippen molar-refractivity contribution >= 4 is 54.5 Å². The molecule has 12 aromatic rings. The first-order chi connectivity index (χ1) is 29.3. The van der Waals surface area contributed by atoms with Crippen LogP contribution >= 0.6 is 0 Å².